The summed E-state index contributed by atoms with van der Waals surface area (Å²) in [6, 6.07) is 7.94. The molecule has 5 atom stereocenters. The van der Waals surface area contributed by atoms with E-state index >= 15 is 0 Å². The average Bonchev–Trinajstić information content (AvgIpc) is 3.60. The maximum absolute atomic E-state index is 13.6. The molecule has 1 aromatic heterocycles. The van der Waals surface area contributed by atoms with Crippen molar-refractivity contribution in [2.75, 3.05) is 32.6 Å². The Morgan fingerprint density at radius 3 is 2.79 bits per heavy atom. The van der Waals surface area contributed by atoms with Gasteiger partial charge in [0, 0.05) is 36.3 Å². The van der Waals surface area contributed by atoms with Crippen molar-refractivity contribution in [3.8, 4) is 11.1 Å². The summed E-state index contributed by atoms with van der Waals surface area (Å²) < 4.78 is 15.6. The smallest absolute Gasteiger partial charge is 0.337 e. The van der Waals surface area contributed by atoms with Crippen LogP contribution in [0.25, 0.3) is 11.1 Å². The van der Waals surface area contributed by atoms with E-state index in [4.69, 9.17) is 13.9 Å². The van der Waals surface area contributed by atoms with Crippen molar-refractivity contribution >= 4 is 17.4 Å². The van der Waals surface area contributed by atoms with Crippen LogP contribution in [0.2, 0.25) is 0 Å². The van der Waals surface area contributed by atoms with E-state index in [1.807, 2.05) is 24.3 Å². The van der Waals surface area contributed by atoms with Gasteiger partial charge in [-0.15, -0.1) is 0 Å². The van der Waals surface area contributed by atoms with Crippen molar-refractivity contribution in [1.29, 1.82) is 0 Å². The Hall–Kier alpha value is -3.06. The number of carbonyl (C=O) groups excluding carboxylic acids is 2. The predicted octanol–water partition coefficient (Wildman–Crippen LogP) is 4.36. The molecule has 0 saturated carbocycles. The topological polar surface area (TPSA) is 81.0 Å². The molecule has 7 nitrogen and oxygen atoms in total. The number of piperidine rings is 1. The minimum absolute atomic E-state index is 0.0922. The molecule has 1 aromatic carbocycles. The molecule has 0 bridgehead atoms. The monoisotopic (exact) mass is 464 g/mol. The molecule has 2 fully saturated rings. The molecule has 0 aliphatic carbocycles. The number of carbonyl (C=O) groups is 2. The maximum Gasteiger partial charge on any atom is 0.337 e. The molecule has 1 N–H and O–H groups in total. The van der Waals surface area contributed by atoms with Crippen molar-refractivity contribution in [2.45, 2.75) is 38.3 Å². The fraction of sp³-hybridized carbons (Fsp3) is 0.481. The lowest BCUT2D eigenvalue weighted by molar-refractivity contribution is -0.137. The molecule has 3 aliphatic heterocycles. The Morgan fingerprint density at radius 2 is 2.09 bits per heavy atom. The van der Waals surface area contributed by atoms with E-state index in [0.29, 0.717) is 17.5 Å². The number of furan rings is 1. The first-order valence-electron chi connectivity index (χ1n) is 12.1. The number of ether oxygens (including phenoxy) is 2. The second-order valence-corrected chi connectivity index (χ2v) is 9.64. The molecule has 0 radical (unpaired) electrons. The number of anilines is 1. The lowest BCUT2D eigenvalue weighted by Gasteiger charge is -2.41. The van der Waals surface area contributed by atoms with Crippen LogP contribution >= 0.6 is 0 Å². The van der Waals surface area contributed by atoms with Gasteiger partial charge in [0.15, 0.2) is 5.78 Å². The highest BCUT2D eigenvalue weighted by Crippen LogP contribution is 2.44. The van der Waals surface area contributed by atoms with E-state index in [1.165, 1.54) is 7.11 Å². The van der Waals surface area contributed by atoms with E-state index in [2.05, 4.69) is 17.1 Å². The first-order chi connectivity index (χ1) is 16.5. The number of rotatable bonds is 6. The first kappa shape index (κ1) is 22.7. The number of methoxy groups -OCH3 is 2. The van der Waals surface area contributed by atoms with Gasteiger partial charge in [-0.25, -0.2) is 4.79 Å². The molecule has 7 heteroatoms. The van der Waals surface area contributed by atoms with Gasteiger partial charge < -0.3 is 19.2 Å². The third-order valence-electron chi connectivity index (χ3n) is 7.92. The Bertz CT molecular complexity index is 1090. The highest BCUT2D eigenvalue weighted by atomic mass is 16.5. The van der Waals surface area contributed by atoms with Crippen molar-refractivity contribution in [1.82, 2.24) is 4.90 Å². The van der Waals surface area contributed by atoms with Gasteiger partial charge in [-0.05, 0) is 42.4 Å². The van der Waals surface area contributed by atoms with Crippen molar-refractivity contribution in [3.05, 3.63) is 54.2 Å². The van der Waals surface area contributed by atoms with Gasteiger partial charge in [0.05, 0.1) is 50.2 Å². The molecule has 180 valence electrons. The van der Waals surface area contributed by atoms with Gasteiger partial charge in [0.25, 0.3) is 0 Å². The normalized spacial score (nSPS) is 28.9. The molecule has 5 rings (SSSR count). The fourth-order valence-electron chi connectivity index (χ4n) is 6.29. The molecule has 3 unspecified atom stereocenters. The SMILES string of the molecule is CC[C@@H]1CN2CC(C3Nc4cccc(-c5ccoc5)c4C3=O)CC2C[C@@H]1/C(=C\OC)C(=O)OC. The maximum atomic E-state index is 13.6. The molecule has 4 heterocycles. The van der Waals surface area contributed by atoms with Gasteiger partial charge in [0.2, 0.25) is 0 Å². The summed E-state index contributed by atoms with van der Waals surface area (Å²) in [6.45, 7) is 3.96. The summed E-state index contributed by atoms with van der Waals surface area (Å²) in [5.74, 6) is 0.492. The van der Waals surface area contributed by atoms with E-state index in [9.17, 15) is 9.59 Å². The Kier molecular flexibility index (Phi) is 6.21. The van der Waals surface area contributed by atoms with Crippen LogP contribution in [0.3, 0.4) is 0 Å². The number of Topliss-reactive ketones (excluding diaryl/α,β-unsaturated/α-hetero) is 1. The van der Waals surface area contributed by atoms with Crippen LogP contribution in [0, 0.1) is 17.8 Å². The summed E-state index contributed by atoms with van der Waals surface area (Å²) in [5.41, 5.74) is 4.12. The Labute approximate surface area is 200 Å². The molecular weight excluding hydrogens is 432 g/mol. The number of hydrogen-bond donors (Lipinski definition) is 1. The largest absolute Gasteiger partial charge is 0.504 e. The molecule has 34 heavy (non-hydrogen) atoms. The molecule has 0 spiro atoms. The van der Waals surface area contributed by atoms with Gasteiger partial charge >= 0.3 is 5.97 Å². The zero-order valence-corrected chi connectivity index (χ0v) is 20.0. The number of nitrogens with zero attached hydrogens (tertiary/aromatic N) is 1. The number of fused-ring (bicyclic) bond motifs is 2. The van der Waals surface area contributed by atoms with Crippen LogP contribution in [0.4, 0.5) is 5.69 Å². The fourth-order valence-corrected chi connectivity index (χ4v) is 6.29. The highest BCUT2D eigenvalue weighted by Gasteiger charge is 2.48. The van der Waals surface area contributed by atoms with E-state index in [1.54, 1.807) is 25.9 Å². The number of benzene rings is 1. The van der Waals surface area contributed by atoms with Gasteiger partial charge in [-0.2, -0.15) is 0 Å². The van der Waals surface area contributed by atoms with E-state index in [-0.39, 0.29) is 29.6 Å². The predicted molar refractivity (Wildman–Crippen MR) is 128 cm³/mol. The minimum atomic E-state index is -0.317. The van der Waals surface area contributed by atoms with Crippen LogP contribution < -0.4 is 5.32 Å². The quantitative estimate of drug-likeness (QED) is 0.386. The third-order valence-corrected chi connectivity index (χ3v) is 7.92. The lowest BCUT2D eigenvalue weighted by atomic mass is 9.76. The number of nitrogens with one attached hydrogen (secondary N) is 1. The average molecular weight is 465 g/mol. The summed E-state index contributed by atoms with van der Waals surface area (Å²) in [7, 11) is 2.98. The number of esters is 1. The molecule has 0 amide bonds. The second kappa shape index (κ2) is 9.29. The number of ketones is 1. The number of hydrogen-bond acceptors (Lipinski definition) is 7. The van der Waals surface area contributed by atoms with Gasteiger partial charge in [0.1, 0.15) is 0 Å². The van der Waals surface area contributed by atoms with Gasteiger partial charge in [-0.1, -0.05) is 25.5 Å². The molecule has 3 aliphatic rings. The zero-order chi connectivity index (χ0) is 23.8. The first-order valence-corrected chi connectivity index (χ1v) is 12.1. The van der Waals surface area contributed by atoms with Crippen LogP contribution in [0.15, 0.2) is 53.0 Å². The van der Waals surface area contributed by atoms with E-state index in [0.717, 1.165) is 54.7 Å². The standard InChI is InChI=1S/C27H32N2O5/c1-4-16-12-29-13-18(10-19(29)11-21(16)22(15-32-2)27(31)33-3)25-26(30)24-20(17-8-9-34-14-17)6-5-7-23(24)28-25/h5-9,14-16,18-19,21,25,28H,4,10-13H2,1-3H3/b22-15+/t16-,18?,19?,21+,25?/m1/s1. The van der Waals surface area contributed by atoms with Crippen LogP contribution in [0.5, 0.6) is 0 Å². The summed E-state index contributed by atoms with van der Waals surface area (Å²) in [5, 5.41) is 3.53. The van der Waals surface area contributed by atoms with Crippen LogP contribution in [-0.4, -0.2) is 56.0 Å². The minimum Gasteiger partial charge on any atom is -0.504 e. The second-order valence-electron chi connectivity index (χ2n) is 9.64. The van der Waals surface area contributed by atoms with Gasteiger partial charge in [-0.3, -0.25) is 9.69 Å². The van der Waals surface area contributed by atoms with Crippen LogP contribution in [0.1, 0.15) is 36.5 Å². The van der Waals surface area contributed by atoms with Crippen molar-refractivity contribution in [2.24, 2.45) is 17.8 Å². The van der Waals surface area contributed by atoms with Crippen molar-refractivity contribution in [3.63, 3.8) is 0 Å². The summed E-state index contributed by atoms with van der Waals surface area (Å²) >= 11 is 0. The summed E-state index contributed by atoms with van der Waals surface area (Å²) in [4.78, 5) is 28.6. The summed E-state index contributed by atoms with van der Waals surface area (Å²) in [6.07, 6.45) is 7.63. The van der Waals surface area contributed by atoms with Crippen molar-refractivity contribution < 1.29 is 23.5 Å². The van der Waals surface area contributed by atoms with Crippen LogP contribution in [-0.2, 0) is 14.3 Å². The highest BCUT2D eigenvalue weighted by molar-refractivity contribution is 6.15. The lowest BCUT2D eigenvalue weighted by Crippen LogP contribution is -2.45. The molecule has 2 aromatic rings. The molecule has 2 saturated heterocycles. The Balaban J connectivity index is 1.36. The Morgan fingerprint density at radius 1 is 1.24 bits per heavy atom. The molecular formula is C27H32N2O5. The van der Waals surface area contributed by atoms with E-state index < -0.39 is 0 Å². The zero-order valence-electron chi connectivity index (χ0n) is 20.0. The third kappa shape index (κ3) is 3.82.